The summed E-state index contributed by atoms with van der Waals surface area (Å²) in [6.45, 7) is 8.67. The van der Waals surface area contributed by atoms with Crippen LogP contribution in [-0.2, 0) is 9.26 Å². The van der Waals surface area contributed by atoms with Crippen molar-refractivity contribution in [3.05, 3.63) is 0 Å². The number of rotatable bonds is 3. The van der Waals surface area contributed by atoms with Crippen molar-refractivity contribution in [1.29, 1.82) is 0 Å². The summed E-state index contributed by atoms with van der Waals surface area (Å²) in [5.41, 5.74) is 0. The van der Waals surface area contributed by atoms with E-state index < -0.39 is 7.87 Å². The summed E-state index contributed by atoms with van der Waals surface area (Å²) in [5.74, 6) is -0.359. The molecule has 0 N–H and O–H groups in total. The molecule has 0 spiro atoms. The van der Waals surface area contributed by atoms with Crippen LogP contribution >= 0.6 is 7.87 Å². The first-order valence-corrected chi connectivity index (χ1v) is 7.14. The molecule has 1 aliphatic rings. The van der Waals surface area contributed by atoms with Gasteiger partial charge in [0, 0.05) is 26.6 Å². The van der Waals surface area contributed by atoms with Crippen molar-refractivity contribution in [2.24, 2.45) is 0 Å². The predicted octanol–water partition coefficient (Wildman–Crippen LogP) is 1.62. The van der Waals surface area contributed by atoms with Gasteiger partial charge in [-0.2, -0.15) is 4.67 Å². The molecular weight excluding hydrogens is 213 g/mol. The number of hydrogen-bond donors (Lipinski definition) is 0. The van der Waals surface area contributed by atoms with Crippen molar-refractivity contribution in [2.45, 2.75) is 52.1 Å². The Labute approximate surface area is 93.1 Å². The molecule has 0 saturated carbocycles. The van der Waals surface area contributed by atoms with E-state index in [9.17, 15) is 4.89 Å². The molecule has 0 amide bonds. The molecule has 4 nitrogen and oxygen atoms in total. The first-order chi connectivity index (χ1) is 6.91. The summed E-state index contributed by atoms with van der Waals surface area (Å²) in [7, 11) is -1.24. The first-order valence-electron chi connectivity index (χ1n) is 5.50. The van der Waals surface area contributed by atoms with Crippen molar-refractivity contribution in [1.82, 2.24) is 4.67 Å². The van der Waals surface area contributed by atoms with Gasteiger partial charge in [0.25, 0.3) is 0 Å². The lowest BCUT2D eigenvalue weighted by Gasteiger charge is -2.47. The number of hydrogen-bond acceptors (Lipinski definition) is 4. The standard InChI is InChI=1S/C10H22NO3P/c1-8(2)11-7-6-9(3)14-15(11,12)10(4)13-5/h8-10H,6-7H2,1-5H3/t9-,10+,15?/m0/s1. The molecule has 1 heterocycles. The van der Waals surface area contributed by atoms with Gasteiger partial charge in [-0.15, -0.1) is 0 Å². The zero-order valence-corrected chi connectivity index (χ0v) is 11.2. The molecule has 1 rings (SSSR count). The Morgan fingerprint density at radius 1 is 1.47 bits per heavy atom. The van der Waals surface area contributed by atoms with Crippen molar-refractivity contribution in [3.63, 3.8) is 0 Å². The van der Waals surface area contributed by atoms with E-state index in [0.29, 0.717) is 0 Å². The third-order valence-corrected chi connectivity index (χ3v) is 6.02. The summed E-state index contributed by atoms with van der Waals surface area (Å²) in [6.07, 6.45) is 0.988. The van der Waals surface area contributed by atoms with Crippen LogP contribution < -0.4 is 4.89 Å². The molecule has 90 valence electrons. The minimum atomic E-state index is -2.82. The van der Waals surface area contributed by atoms with Crippen LogP contribution in [0.15, 0.2) is 0 Å². The van der Waals surface area contributed by atoms with Crippen molar-refractivity contribution < 1.29 is 14.2 Å². The number of methoxy groups -OCH3 is 1. The molecule has 0 aliphatic carbocycles. The van der Waals surface area contributed by atoms with Crippen LogP contribution in [0.5, 0.6) is 0 Å². The number of nitrogens with zero attached hydrogens (tertiary/aromatic N) is 1. The van der Waals surface area contributed by atoms with Crippen molar-refractivity contribution in [2.75, 3.05) is 13.7 Å². The third kappa shape index (κ3) is 2.69. The Balaban J connectivity index is 2.85. The fourth-order valence-corrected chi connectivity index (χ4v) is 4.47. The highest BCUT2D eigenvalue weighted by molar-refractivity contribution is 7.62. The molecule has 0 aromatic carbocycles. The molecule has 1 unspecified atom stereocenters. The summed E-state index contributed by atoms with van der Waals surface area (Å²) in [6, 6.07) is 0.223. The second kappa shape index (κ2) is 5.07. The van der Waals surface area contributed by atoms with Gasteiger partial charge < -0.3 is 9.63 Å². The predicted molar refractivity (Wildman–Crippen MR) is 60.4 cm³/mol. The Morgan fingerprint density at radius 3 is 2.53 bits per heavy atom. The van der Waals surface area contributed by atoms with Gasteiger partial charge in [0.2, 0.25) is 13.7 Å². The molecule has 0 radical (unpaired) electrons. The highest BCUT2D eigenvalue weighted by atomic mass is 31.2. The lowest BCUT2D eigenvalue weighted by Crippen LogP contribution is -2.48. The molecule has 0 aromatic heterocycles. The second-order valence-corrected chi connectivity index (χ2v) is 6.94. The second-order valence-electron chi connectivity index (χ2n) is 4.36. The van der Waals surface area contributed by atoms with Gasteiger partial charge >= 0.3 is 0 Å². The smallest absolute Gasteiger partial charge is 0.204 e. The molecule has 1 aliphatic heterocycles. The van der Waals surface area contributed by atoms with E-state index in [2.05, 4.69) is 0 Å². The van der Waals surface area contributed by atoms with Gasteiger partial charge in [-0.3, -0.25) is 0 Å². The topological polar surface area (TPSA) is 44.8 Å². The van der Waals surface area contributed by atoms with E-state index in [1.54, 1.807) is 7.11 Å². The van der Waals surface area contributed by atoms with E-state index in [1.807, 2.05) is 32.4 Å². The van der Waals surface area contributed by atoms with Crippen LogP contribution in [0.25, 0.3) is 0 Å². The van der Waals surface area contributed by atoms with Crippen molar-refractivity contribution in [3.8, 4) is 0 Å². The minimum Gasteiger partial charge on any atom is -0.639 e. The first kappa shape index (κ1) is 13.3. The van der Waals surface area contributed by atoms with E-state index in [-0.39, 0.29) is 18.0 Å². The molecule has 15 heavy (non-hydrogen) atoms. The maximum absolute atomic E-state index is 12.7. The molecule has 5 heteroatoms. The van der Waals surface area contributed by atoms with E-state index >= 15 is 0 Å². The largest absolute Gasteiger partial charge is 0.639 e. The number of ether oxygens (including phenoxy) is 1. The Kier molecular flexibility index (Phi) is 4.50. The van der Waals surface area contributed by atoms with Crippen LogP contribution in [0.2, 0.25) is 0 Å². The van der Waals surface area contributed by atoms with E-state index in [4.69, 9.17) is 9.26 Å². The highest BCUT2D eigenvalue weighted by Crippen LogP contribution is 2.63. The van der Waals surface area contributed by atoms with E-state index in [1.165, 1.54) is 0 Å². The third-order valence-electron chi connectivity index (χ3n) is 2.85. The van der Waals surface area contributed by atoms with Gasteiger partial charge in [-0.05, 0) is 27.2 Å². The van der Waals surface area contributed by atoms with Crippen LogP contribution in [-0.4, -0.2) is 36.3 Å². The highest BCUT2D eigenvalue weighted by Gasteiger charge is 2.48. The molecular formula is C10H22NO3P. The quantitative estimate of drug-likeness (QED) is 0.697. The average molecular weight is 235 g/mol. The molecule has 3 atom stereocenters. The van der Waals surface area contributed by atoms with Gasteiger partial charge in [0.15, 0.2) is 0 Å². The monoisotopic (exact) mass is 235 g/mol. The van der Waals surface area contributed by atoms with Gasteiger partial charge in [0.05, 0.1) is 0 Å². The lowest BCUT2D eigenvalue weighted by molar-refractivity contribution is -0.227. The molecule has 0 aromatic rings. The normalized spacial score (nSPS) is 35.8. The Morgan fingerprint density at radius 2 is 2.07 bits per heavy atom. The lowest BCUT2D eigenvalue weighted by atomic mass is 10.2. The molecule has 1 fully saturated rings. The zero-order valence-electron chi connectivity index (χ0n) is 10.3. The van der Waals surface area contributed by atoms with Crippen LogP contribution in [0.1, 0.15) is 34.1 Å². The summed E-state index contributed by atoms with van der Waals surface area (Å²) < 4.78 is 12.8. The van der Waals surface area contributed by atoms with Gasteiger partial charge in [-0.1, -0.05) is 0 Å². The van der Waals surface area contributed by atoms with Crippen LogP contribution in [0.3, 0.4) is 0 Å². The summed E-state index contributed by atoms with van der Waals surface area (Å²) >= 11 is 0. The maximum atomic E-state index is 12.7. The SMILES string of the molecule is CO[C@@H](C)[P+]1([O-])O[C@@H](C)CCN1C(C)C. The molecule has 0 bridgehead atoms. The van der Waals surface area contributed by atoms with Crippen LogP contribution in [0, 0.1) is 0 Å². The Hall–Kier alpha value is 0.270. The fraction of sp³-hybridized carbons (Fsp3) is 1.00. The zero-order chi connectivity index (χ0) is 11.6. The average Bonchev–Trinajstić information content (AvgIpc) is 2.15. The van der Waals surface area contributed by atoms with E-state index in [0.717, 1.165) is 13.0 Å². The van der Waals surface area contributed by atoms with Gasteiger partial charge in [-0.25, -0.2) is 4.52 Å². The van der Waals surface area contributed by atoms with Gasteiger partial charge in [0.1, 0.15) is 6.10 Å². The molecule has 1 saturated heterocycles. The fourth-order valence-electron chi connectivity index (χ4n) is 1.83. The maximum Gasteiger partial charge on any atom is 0.204 e. The van der Waals surface area contributed by atoms with Crippen molar-refractivity contribution >= 4 is 7.87 Å². The minimum absolute atomic E-state index is 0.0587. The Bertz CT molecular complexity index is 215. The summed E-state index contributed by atoms with van der Waals surface area (Å²) in [5, 5.41) is 0. The summed E-state index contributed by atoms with van der Waals surface area (Å²) in [4.78, 5) is 12.7. The van der Waals surface area contributed by atoms with Crippen LogP contribution in [0.4, 0.5) is 0 Å².